The molecular weight excluding hydrogens is 182 g/mol. The lowest BCUT2D eigenvalue weighted by Crippen LogP contribution is -2.46. The molecule has 1 N–H and O–H groups in total. The van der Waals surface area contributed by atoms with Crippen molar-refractivity contribution in [2.45, 2.75) is 66.8 Å². The highest BCUT2D eigenvalue weighted by atomic mass is 15.0. The second-order valence-corrected chi connectivity index (χ2v) is 5.53. The summed E-state index contributed by atoms with van der Waals surface area (Å²) in [5, 5.41) is 3.34. The van der Waals surface area contributed by atoms with Crippen LogP contribution in [0.1, 0.15) is 60.8 Å². The Kier molecular flexibility index (Phi) is 7.25. The molecule has 2 fully saturated rings. The Morgan fingerprint density at radius 1 is 0.933 bits per heavy atom. The highest BCUT2D eigenvalue weighted by Crippen LogP contribution is 2.32. The molecule has 92 valence electrons. The lowest BCUT2D eigenvalue weighted by Gasteiger charge is -2.30. The first kappa shape index (κ1) is 15.0. The molecule has 0 bridgehead atoms. The minimum atomic E-state index is 0. The molecule has 1 nitrogen and oxygen atoms in total. The first-order chi connectivity index (χ1) is 6.61. The number of rotatable bonds is 2. The lowest BCUT2D eigenvalue weighted by atomic mass is 9.78. The van der Waals surface area contributed by atoms with E-state index in [1.807, 2.05) is 0 Å². The summed E-state index contributed by atoms with van der Waals surface area (Å²) in [7, 11) is 0. The van der Waals surface area contributed by atoms with E-state index in [1.165, 1.54) is 32.2 Å². The Bertz CT molecular complexity index is 125. The van der Waals surface area contributed by atoms with Gasteiger partial charge >= 0.3 is 0 Å². The lowest BCUT2D eigenvalue weighted by molar-refractivity contribution is 0.235. The summed E-state index contributed by atoms with van der Waals surface area (Å²) in [6.07, 6.45) is 5.87. The van der Waals surface area contributed by atoms with Crippen molar-refractivity contribution < 1.29 is 0 Å². The van der Waals surface area contributed by atoms with Gasteiger partial charge in [-0.25, -0.2) is 0 Å². The van der Waals surface area contributed by atoms with Crippen molar-refractivity contribution in [1.29, 1.82) is 0 Å². The normalized spacial score (nSPS) is 24.8. The Balaban J connectivity index is 0.000000245. The zero-order valence-corrected chi connectivity index (χ0v) is 10.3. The van der Waals surface area contributed by atoms with Crippen LogP contribution in [0.4, 0.5) is 0 Å². The van der Waals surface area contributed by atoms with Crippen LogP contribution in [0.25, 0.3) is 0 Å². The molecule has 1 aliphatic heterocycles. The van der Waals surface area contributed by atoms with Crippen molar-refractivity contribution in [3.8, 4) is 0 Å². The fraction of sp³-hybridized carbons (Fsp3) is 1.00. The molecule has 15 heavy (non-hydrogen) atoms. The smallest absolute Gasteiger partial charge is 0.0102 e. The predicted molar refractivity (Wildman–Crippen MR) is 70.2 cm³/mol. The molecule has 2 aliphatic rings. The summed E-state index contributed by atoms with van der Waals surface area (Å²) in [6, 6.07) is 0.833. The number of hydrogen-bond donors (Lipinski definition) is 1. The zero-order valence-electron chi connectivity index (χ0n) is 10.3. The standard InChI is InChI=1S/C7H14.C6H13N.CH4/c1-6(2)7-4-3-5-7;1-5(2)6-3-4-7-6;/h6-7H,3-5H2,1-2H3;5-7H,3-4H2,1-2H3;1H4. The van der Waals surface area contributed by atoms with Crippen molar-refractivity contribution in [3.63, 3.8) is 0 Å². The van der Waals surface area contributed by atoms with Crippen molar-refractivity contribution in [2.24, 2.45) is 17.8 Å². The van der Waals surface area contributed by atoms with Crippen molar-refractivity contribution in [3.05, 3.63) is 0 Å². The van der Waals surface area contributed by atoms with Gasteiger partial charge in [0, 0.05) is 6.04 Å². The van der Waals surface area contributed by atoms with Crippen LogP contribution in [0.3, 0.4) is 0 Å². The molecule has 0 radical (unpaired) electrons. The Labute approximate surface area is 97.0 Å². The fourth-order valence-electron chi connectivity index (χ4n) is 1.99. The molecular formula is C14H31N. The largest absolute Gasteiger partial charge is 0.314 e. The van der Waals surface area contributed by atoms with Crippen LogP contribution in [-0.2, 0) is 0 Å². The predicted octanol–water partition coefficient (Wildman–Crippen LogP) is 4.08. The molecule has 1 atom stereocenters. The Morgan fingerprint density at radius 2 is 1.47 bits per heavy atom. The van der Waals surface area contributed by atoms with Gasteiger partial charge in [-0.1, -0.05) is 54.4 Å². The van der Waals surface area contributed by atoms with E-state index in [9.17, 15) is 0 Å². The summed E-state index contributed by atoms with van der Waals surface area (Å²) in [6.45, 7) is 10.4. The SMILES string of the molecule is C.CC(C)C1CCC1.CC(C)C1CCN1. The van der Waals surface area contributed by atoms with Crippen LogP contribution in [-0.4, -0.2) is 12.6 Å². The second-order valence-electron chi connectivity index (χ2n) is 5.53. The molecule has 1 aliphatic carbocycles. The van der Waals surface area contributed by atoms with Gasteiger partial charge < -0.3 is 5.32 Å². The third-order valence-electron chi connectivity index (χ3n) is 3.76. The van der Waals surface area contributed by atoms with E-state index >= 15 is 0 Å². The van der Waals surface area contributed by atoms with E-state index in [0.29, 0.717) is 0 Å². The van der Waals surface area contributed by atoms with E-state index in [2.05, 4.69) is 33.0 Å². The average molecular weight is 213 g/mol. The summed E-state index contributed by atoms with van der Waals surface area (Å²) >= 11 is 0. The minimum absolute atomic E-state index is 0. The van der Waals surface area contributed by atoms with Gasteiger partial charge in [0.05, 0.1) is 0 Å². The van der Waals surface area contributed by atoms with Gasteiger partial charge in [0.1, 0.15) is 0 Å². The molecule has 0 amide bonds. The third kappa shape index (κ3) is 5.01. The highest BCUT2D eigenvalue weighted by molar-refractivity contribution is 4.79. The van der Waals surface area contributed by atoms with Crippen molar-refractivity contribution in [2.75, 3.05) is 6.54 Å². The molecule has 1 unspecified atom stereocenters. The van der Waals surface area contributed by atoms with E-state index in [1.54, 1.807) is 0 Å². The second kappa shape index (κ2) is 7.27. The van der Waals surface area contributed by atoms with Crippen LogP contribution in [0.5, 0.6) is 0 Å². The van der Waals surface area contributed by atoms with E-state index in [0.717, 1.165) is 23.8 Å². The maximum Gasteiger partial charge on any atom is 0.0102 e. The fourth-order valence-corrected chi connectivity index (χ4v) is 1.99. The van der Waals surface area contributed by atoms with Crippen LogP contribution in [0.15, 0.2) is 0 Å². The van der Waals surface area contributed by atoms with E-state index < -0.39 is 0 Å². The average Bonchev–Trinajstić information content (AvgIpc) is 1.74. The monoisotopic (exact) mass is 213 g/mol. The van der Waals surface area contributed by atoms with Gasteiger partial charge in [0.25, 0.3) is 0 Å². The van der Waals surface area contributed by atoms with Crippen LogP contribution in [0.2, 0.25) is 0 Å². The van der Waals surface area contributed by atoms with Gasteiger partial charge in [-0.3, -0.25) is 0 Å². The molecule has 1 saturated heterocycles. The van der Waals surface area contributed by atoms with Crippen molar-refractivity contribution in [1.82, 2.24) is 5.32 Å². The molecule has 1 saturated carbocycles. The van der Waals surface area contributed by atoms with Gasteiger partial charge in [0.15, 0.2) is 0 Å². The van der Waals surface area contributed by atoms with Crippen LogP contribution in [0, 0.1) is 17.8 Å². The molecule has 0 aromatic rings. The van der Waals surface area contributed by atoms with E-state index in [4.69, 9.17) is 0 Å². The summed E-state index contributed by atoms with van der Waals surface area (Å²) < 4.78 is 0. The Hall–Kier alpha value is -0.0400. The highest BCUT2D eigenvalue weighted by Gasteiger charge is 2.19. The zero-order chi connectivity index (χ0) is 10.6. The third-order valence-corrected chi connectivity index (χ3v) is 3.76. The van der Waals surface area contributed by atoms with Crippen LogP contribution < -0.4 is 5.32 Å². The quantitative estimate of drug-likeness (QED) is 0.729. The van der Waals surface area contributed by atoms with Gasteiger partial charge in [-0.15, -0.1) is 0 Å². The molecule has 0 aromatic heterocycles. The van der Waals surface area contributed by atoms with Gasteiger partial charge in [-0.05, 0) is 30.7 Å². The maximum absolute atomic E-state index is 3.34. The number of hydrogen-bond acceptors (Lipinski definition) is 1. The first-order valence-corrected chi connectivity index (χ1v) is 6.34. The molecule has 0 aromatic carbocycles. The maximum atomic E-state index is 3.34. The molecule has 0 spiro atoms. The van der Waals surface area contributed by atoms with Gasteiger partial charge in [-0.2, -0.15) is 0 Å². The first-order valence-electron chi connectivity index (χ1n) is 6.34. The Morgan fingerprint density at radius 3 is 1.47 bits per heavy atom. The molecule has 2 rings (SSSR count). The van der Waals surface area contributed by atoms with Crippen LogP contribution >= 0.6 is 0 Å². The van der Waals surface area contributed by atoms with Gasteiger partial charge in [0.2, 0.25) is 0 Å². The summed E-state index contributed by atoms with van der Waals surface area (Å²) in [4.78, 5) is 0. The molecule has 1 heteroatoms. The van der Waals surface area contributed by atoms with E-state index in [-0.39, 0.29) is 7.43 Å². The topological polar surface area (TPSA) is 12.0 Å². The number of nitrogens with one attached hydrogen (secondary N) is 1. The van der Waals surface area contributed by atoms with Crippen molar-refractivity contribution >= 4 is 0 Å². The molecule has 1 heterocycles. The summed E-state index contributed by atoms with van der Waals surface area (Å²) in [5.41, 5.74) is 0. The summed E-state index contributed by atoms with van der Waals surface area (Å²) in [5.74, 6) is 2.88. The minimum Gasteiger partial charge on any atom is -0.314 e.